The molecule has 2 atom stereocenters. The molecule has 5 heteroatoms. The lowest BCUT2D eigenvalue weighted by Gasteiger charge is -2.46. The number of rotatable bonds is 6. The topological polar surface area (TPSA) is 41.3 Å². The van der Waals surface area contributed by atoms with Crippen LogP contribution in [0.1, 0.15) is 64.7 Å². The minimum atomic E-state index is -0.609. The van der Waals surface area contributed by atoms with E-state index in [1.54, 1.807) is 6.20 Å². The molecule has 1 N–H and O–H groups in total. The first kappa shape index (κ1) is 16.8. The van der Waals surface area contributed by atoms with Crippen molar-refractivity contribution in [1.82, 2.24) is 14.7 Å². The first-order valence-corrected chi connectivity index (χ1v) is 8.56. The smallest absolute Gasteiger partial charge is 0.115 e. The number of halogens is 1. The minimum absolute atomic E-state index is 0.282. The van der Waals surface area contributed by atoms with Crippen LogP contribution in [-0.2, 0) is 6.54 Å². The van der Waals surface area contributed by atoms with Crippen molar-refractivity contribution in [2.24, 2.45) is 0 Å². The van der Waals surface area contributed by atoms with Gasteiger partial charge in [0.2, 0.25) is 0 Å². The molecule has 2 unspecified atom stereocenters. The molecule has 0 radical (unpaired) electrons. The van der Waals surface area contributed by atoms with E-state index in [1.165, 1.54) is 19.3 Å². The Morgan fingerprint density at radius 1 is 1.33 bits per heavy atom. The Balaban J connectivity index is 2.30. The molecular formula is C16H28ClN3O. The standard InChI is InChI=1S/C16H28ClN3O/c1-4-9-20-14(13(17)12-18-20)15(21)16(3,5-2)19-10-7-6-8-11-19/h12,15,21H,4-11H2,1-3H3. The number of aliphatic hydroxyl groups is 1. The number of hydrogen-bond donors (Lipinski definition) is 1. The van der Waals surface area contributed by atoms with Crippen LogP contribution in [0.2, 0.25) is 5.02 Å². The first-order valence-electron chi connectivity index (χ1n) is 8.19. The third-order valence-electron chi connectivity index (χ3n) is 4.91. The van der Waals surface area contributed by atoms with E-state index in [1.807, 2.05) is 4.68 Å². The van der Waals surface area contributed by atoms with Crippen LogP contribution < -0.4 is 0 Å². The lowest BCUT2D eigenvalue weighted by Crippen LogP contribution is -2.52. The van der Waals surface area contributed by atoms with Gasteiger partial charge in [-0.1, -0.05) is 31.9 Å². The Labute approximate surface area is 133 Å². The summed E-state index contributed by atoms with van der Waals surface area (Å²) >= 11 is 6.32. The van der Waals surface area contributed by atoms with Gasteiger partial charge in [0.25, 0.3) is 0 Å². The molecule has 0 saturated carbocycles. The molecule has 0 amide bonds. The number of hydrogen-bond acceptors (Lipinski definition) is 3. The summed E-state index contributed by atoms with van der Waals surface area (Å²) in [6.45, 7) is 9.31. The second-order valence-electron chi connectivity index (χ2n) is 6.26. The lowest BCUT2D eigenvalue weighted by molar-refractivity contribution is -0.0392. The molecule has 1 aliphatic rings. The van der Waals surface area contributed by atoms with E-state index in [-0.39, 0.29) is 5.54 Å². The number of aliphatic hydroxyl groups excluding tert-OH is 1. The highest BCUT2D eigenvalue weighted by Crippen LogP contribution is 2.38. The average Bonchev–Trinajstić information content (AvgIpc) is 2.87. The number of piperidine rings is 1. The highest BCUT2D eigenvalue weighted by Gasteiger charge is 2.41. The van der Waals surface area contributed by atoms with E-state index in [4.69, 9.17) is 11.6 Å². The molecule has 0 spiro atoms. The Bertz CT molecular complexity index is 456. The monoisotopic (exact) mass is 313 g/mol. The van der Waals surface area contributed by atoms with Crippen molar-refractivity contribution in [2.75, 3.05) is 13.1 Å². The molecule has 2 rings (SSSR count). The number of aryl methyl sites for hydroxylation is 1. The third-order valence-corrected chi connectivity index (χ3v) is 5.20. The summed E-state index contributed by atoms with van der Waals surface area (Å²) < 4.78 is 1.87. The number of aromatic nitrogens is 2. The zero-order valence-corrected chi connectivity index (χ0v) is 14.2. The predicted molar refractivity (Wildman–Crippen MR) is 86.6 cm³/mol. The van der Waals surface area contributed by atoms with E-state index in [2.05, 4.69) is 30.8 Å². The average molecular weight is 314 g/mol. The zero-order chi connectivity index (χ0) is 15.5. The van der Waals surface area contributed by atoms with Crippen molar-refractivity contribution >= 4 is 11.6 Å². The SMILES string of the molecule is CCCn1ncc(Cl)c1C(O)C(C)(CC)N1CCCCC1. The Morgan fingerprint density at radius 3 is 2.57 bits per heavy atom. The van der Waals surface area contributed by atoms with Gasteiger partial charge in [0.05, 0.1) is 16.9 Å². The van der Waals surface area contributed by atoms with E-state index in [0.29, 0.717) is 5.02 Å². The molecule has 0 bridgehead atoms. The molecule has 1 saturated heterocycles. The van der Waals surface area contributed by atoms with Crippen molar-refractivity contribution < 1.29 is 5.11 Å². The maximum Gasteiger partial charge on any atom is 0.115 e. The van der Waals surface area contributed by atoms with E-state index in [9.17, 15) is 5.11 Å². The van der Waals surface area contributed by atoms with Crippen LogP contribution in [0.15, 0.2) is 6.20 Å². The van der Waals surface area contributed by atoms with Crippen LogP contribution in [0.5, 0.6) is 0 Å². The van der Waals surface area contributed by atoms with Gasteiger partial charge >= 0.3 is 0 Å². The van der Waals surface area contributed by atoms with E-state index in [0.717, 1.165) is 38.2 Å². The molecule has 2 heterocycles. The molecule has 0 aromatic carbocycles. The van der Waals surface area contributed by atoms with Gasteiger partial charge in [-0.25, -0.2) is 0 Å². The summed E-state index contributed by atoms with van der Waals surface area (Å²) in [7, 11) is 0. The second kappa shape index (κ2) is 7.12. The first-order chi connectivity index (χ1) is 10.0. The summed E-state index contributed by atoms with van der Waals surface area (Å²) in [6, 6.07) is 0. The van der Waals surface area contributed by atoms with Crippen molar-refractivity contribution in [3.8, 4) is 0 Å². The molecule has 1 aliphatic heterocycles. The fourth-order valence-electron chi connectivity index (χ4n) is 3.32. The van der Waals surface area contributed by atoms with Gasteiger partial charge in [-0.3, -0.25) is 9.58 Å². The fraction of sp³-hybridized carbons (Fsp3) is 0.812. The van der Waals surface area contributed by atoms with E-state index < -0.39 is 6.10 Å². The maximum absolute atomic E-state index is 11.1. The fourth-order valence-corrected chi connectivity index (χ4v) is 3.57. The Hall–Kier alpha value is -0.580. The van der Waals surface area contributed by atoms with Crippen LogP contribution in [0.4, 0.5) is 0 Å². The van der Waals surface area contributed by atoms with Crippen LogP contribution in [0.3, 0.4) is 0 Å². The number of likely N-dealkylation sites (tertiary alicyclic amines) is 1. The predicted octanol–water partition coefficient (Wildman–Crippen LogP) is 3.63. The minimum Gasteiger partial charge on any atom is -0.385 e. The van der Waals surface area contributed by atoms with E-state index >= 15 is 0 Å². The van der Waals surface area contributed by atoms with Crippen molar-refractivity contribution in [2.45, 2.75) is 71.1 Å². The summed E-state index contributed by atoms with van der Waals surface area (Å²) in [5.41, 5.74) is 0.490. The molecule has 1 aromatic rings. The van der Waals surface area contributed by atoms with Gasteiger partial charge in [0.15, 0.2) is 0 Å². The molecule has 21 heavy (non-hydrogen) atoms. The summed E-state index contributed by atoms with van der Waals surface area (Å²) in [5.74, 6) is 0. The molecule has 4 nitrogen and oxygen atoms in total. The summed E-state index contributed by atoms with van der Waals surface area (Å²) in [6.07, 6.45) is 6.63. The number of nitrogens with zero attached hydrogens (tertiary/aromatic N) is 3. The van der Waals surface area contributed by atoms with Gasteiger partial charge in [-0.2, -0.15) is 5.10 Å². The van der Waals surface area contributed by atoms with Crippen LogP contribution in [0, 0.1) is 0 Å². The van der Waals surface area contributed by atoms with Crippen molar-refractivity contribution in [1.29, 1.82) is 0 Å². The summed E-state index contributed by atoms with van der Waals surface area (Å²) in [4.78, 5) is 2.43. The van der Waals surface area contributed by atoms with Crippen molar-refractivity contribution in [3.05, 3.63) is 16.9 Å². The third kappa shape index (κ3) is 3.27. The van der Waals surface area contributed by atoms with Gasteiger partial charge in [0, 0.05) is 12.1 Å². The highest BCUT2D eigenvalue weighted by molar-refractivity contribution is 6.31. The second-order valence-corrected chi connectivity index (χ2v) is 6.67. The van der Waals surface area contributed by atoms with Crippen LogP contribution >= 0.6 is 11.6 Å². The molecule has 120 valence electrons. The van der Waals surface area contributed by atoms with Gasteiger partial charge in [-0.05, 0) is 45.7 Å². The quantitative estimate of drug-likeness (QED) is 0.872. The van der Waals surface area contributed by atoms with Crippen molar-refractivity contribution in [3.63, 3.8) is 0 Å². The maximum atomic E-state index is 11.1. The largest absolute Gasteiger partial charge is 0.385 e. The Morgan fingerprint density at radius 2 is 2.00 bits per heavy atom. The normalized spacial score (nSPS) is 21.2. The molecule has 1 fully saturated rings. The highest BCUT2D eigenvalue weighted by atomic mass is 35.5. The molecule has 1 aromatic heterocycles. The zero-order valence-electron chi connectivity index (χ0n) is 13.5. The van der Waals surface area contributed by atoms with Crippen LogP contribution in [0.25, 0.3) is 0 Å². The molecular weight excluding hydrogens is 286 g/mol. The molecule has 0 aliphatic carbocycles. The van der Waals surface area contributed by atoms with Gasteiger partial charge in [-0.15, -0.1) is 0 Å². The van der Waals surface area contributed by atoms with Gasteiger partial charge in [0.1, 0.15) is 6.10 Å². The Kier molecular flexibility index (Phi) is 5.69. The lowest BCUT2D eigenvalue weighted by atomic mass is 9.85. The van der Waals surface area contributed by atoms with Crippen LogP contribution in [-0.4, -0.2) is 38.4 Å². The summed E-state index contributed by atoms with van der Waals surface area (Å²) in [5, 5.41) is 16.0. The van der Waals surface area contributed by atoms with Gasteiger partial charge < -0.3 is 5.11 Å².